The quantitative estimate of drug-likeness (QED) is 0.879. The van der Waals surface area contributed by atoms with Gasteiger partial charge in [-0.1, -0.05) is 13.3 Å². The zero-order chi connectivity index (χ0) is 13.2. The van der Waals surface area contributed by atoms with E-state index in [-0.39, 0.29) is 18.5 Å². The van der Waals surface area contributed by atoms with Crippen molar-refractivity contribution in [2.45, 2.75) is 51.4 Å². The molecule has 1 fully saturated rings. The molecule has 1 saturated heterocycles. The second-order valence-electron chi connectivity index (χ2n) is 4.96. The van der Waals surface area contributed by atoms with Crippen molar-refractivity contribution >= 4 is 0 Å². The van der Waals surface area contributed by atoms with Crippen LogP contribution in [0.3, 0.4) is 0 Å². The summed E-state index contributed by atoms with van der Waals surface area (Å²) in [5.41, 5.74) is -0.0644. The maximum Gasteiger partial charge on any atom is 0.349 e. The second kappa shape index (κ2) is 5.20. The molecule has 1 N–H and O–H groups in total. The van der Waals surface area contributed by atoms with Gasteiger partial charge in [-0.3, -0.25) is 4.57 Å². The number of rotatable bonds is 4. The van der Waals surface area contributed by atoms with E-state index in [2.05, 4.69) is 11.9 Å². The Balaban J connectivity index is 2.19. The maximum absolute atomic E-state index is 11.8. The van der Waals surface area contributed by atoms with Crippen molar-refractivity contribution in [3.8, 4) is 0 Å². The Morgan fingerprint density at radius 3 is 3.06 bits per heavy atom. The molecule has 0 bridgehead atoms. The first-order valence-corrected chi connectivity index (χ1v) is 6.45. The maximum atomic E-state index is 11.8. The Morgan fingerprint density at radius 1 is 1.67 bits per heavy atom. The van der Waals surface area contributed by atoms with Gasteiger partial charge >= 0.3 is 5.69 Å². The number of hydrogen-bond donors (Lipinski definition) is 1. The molecule has 1 aliphatic heterocycles. The lowest BCUT2D eigenvalue weighted by atomic mass is 9.96. The zero-order valence-corrected chi connectivity index (χ0v) is 10.9. The van der Waals surface area contributed by atoms with Crippen molar-refractivity contribution in [2.75, 3.05) is 6.61 Å². The molecule has 0 aromatic carbocycles. The monoisotopic (exact) mass is 252 g/mol. The van der Waals surface area contributed by atoms with Gasteiger partial charge in [-0.05, 0) is 32.3 Å². The molecular weight excluding hydrogens is 232 g/mol. The van der Waals surface area contributed by atoms with E-state index in [4.69, 9.17) is 4.74 Å². The van der Waals surface area contributed by atoms with E-state index in [1.54, 1.807) is 19.2 Å². The summed E-state index contributed by atoms with van der Waals surface area (Å²) in [5.74, 6) is 0. The minimum Gasteiger partial charge on any atom is -0.393 e. The van der Waals surface area contributed by atoms with Crippen molar-refractivity contribution in [3.05, 3.63) is 28.4 Å². The normalized spacial score (nSPS) is 27.6. The van der Waals surface area contributed by atoms with Gasteiger partial charge in [-0.25, -0.2) is 4.79 Å². The first-order chi connectivity index (χ1) is 8.60. The van der Waals surface area contributed by atoms with Gasteiger partial charge in [0.15, 0.2) is 0 Å². The Bertz CT molecular complexity index is 472. The molecule has 5 heteroatoms. The number of aliphatic hydroxyl groups excluding tert-OH is 1. The molecule has 0 amide bonds. The molecule has 5 nitrogen and oxygen atoms in total. The van der Waals surface area contributed by atoms with Gasteiger partial charge in [0.2, 0.25) is 0 Å². The summed E-state index contributed by atoms with van der Waals surface area (Å²) in [7, 11) is 0. The third kappa shape index (κ3) is 2.47. The Morgan fingerprint density at radius 2 is 2.44 bits per heavy atom. The number of ether oxygens (including phenoxy) is 1. The highest BCUT2D eigenvalue weighted by Gasteiger charge is 2.40. The van der Waals surface area contributed by atoms with Gasteiger partial charge in [-0.2, -0.15) is 4.98 Å². The number of aliphatic hydroxyl groups is 1. The van der Waals surface area contributed by atoms with Crippen LogP contribution in [0.5, 0.6) is 0 Å². The van der Waals surface area contributed by atoms with Crippen LogP contribution < -0.4 is 5.69 Å². The van der Waals surface area contributed by atoms with E-state index in [1.807, 2.05) is 0 Å². The van der Waals surface area contributed by atoms with Crippen LogP contribution in [0.2, 0.25) is 0 Å². The standard InChI is InChI=1S/C13H20N2O3/c1-3-6-13(9-16)7-4-11(18-13)15-8-5-10(2)14-12(15)17/h5,8,11,16H,3-4,6-7,9H2,1-2H3/t11-,13+/m1/s1. The predicted octanol–water partition coefficient (Wildman–Crippen LogP) is 1.39. The highest BCUT2D eigenvalue weighted by Crippen LogP contribution is 2.38. The molecular formula is C13H20N2O3. The number of aryl methyl sites for hydroxylation is 1. The molecule has 0 aliphatic carbocycles. The lowest BCUT2D eigenvalue weighted by Crippen LogP contribution is -2.34. The van der Waals surface area contributed by atoms with Gasteiger partial charge in [0, 0.05) is 11.9 Å². The molecule has 0 saturated carbocycles. The molecule has 2 atom stereocenters. The lowest BCUT2D eigenvalue weighted by Gasteiger charge is -2.27. The van der Waals surface area contributed by atoms with E-state index in [0.29, 0.717) is 5.69 Å². The van der Waals surface area contributed by atoms with Crippen LogP contribution in [-0.2, 0) is 4.74 Å². The van der Waals surface area contributed by atoms with Gasteiger partial charge in [0.05, 0.1) is 12.2 Å². The molecule has 2 rings (SSSR count). The van der Waals surface area contributed by atoms with Gasteiger partial charge in [-0.15, -0.1) is 0 Å². The topological polar surface area (TPSA) is 64.3 Å². The minimum absolute atomic E-state index is 0.00534. The summed E-state index contributed by atoms with van der Waals surface area (Å²) in [6.45, 7) is 3.86. The molecule has 0 spiro atoms. The first-order valence-electron chi connectivity index (χ1n) is 6.45. The minimum atomic E-state index is -0.482. The summed E-state index contributed by atoms with van der Waals surface area (Å²) >= 11 is 0. The third-order valence-electron chi connectivity index (χ3n) is 3.51. The molecule has 18 heavy (non-hydrogen) atoms. The van der Waals surface area contributed by atoms with Crippen molar-refractivity contribution in [3.63, 3.8) is 0 Å². The van der Waals surface area contributed by atoms with Crippen LogP contribution in [0, 0.1) is 6.92 Å². The van der Waals surface area contributed by atoms with Crippen LogP contribution in [0.25, 0.3) is 0 Å². The largest absolute Gasteiger partial charge is 0.393 e. The molecule has 1 aromatic heterocycles. The van der Waals surface area contributed by atoms with Gasteiger partial charge in [0.1, 0.15) is 6.23 Å². The summed E-state index contributed by atoms with van der Waals surface area (Å²) in [5, 5.41) is 9.50. The smallest absolute Gasteiger partial charge is 0.349 e. The summed E-state index contributed by atoms with van der Waals surface area (Å²) in [6.07, 6.45) is 4.70. The first kappa shape index (κ1) is 13.2. The van der Waals surface area contributed by atoms with Crippen molar-refractivity contribution < 1.29 is 9.84 Å². The fourth-order valence-electron chi connectivity index (χ4n) is 2.54. The molecule has 100 valence electrons. The summed E-state index contributed by atoms with van der Waals surface area (Å²) < 4.78 is 7.43. The highest BCUT2D eigenvalue weighted by molar-refractivity contribution is 4.97. The van der Waals surface area contributed by atoms with E-state index in [1.165, 1.54) is 4.57 Å². The molecule has 1 aliphatic rings. The van der Waals surface area contributed by atoms with Crippen LogP contribution >= 0.6 is 0 Å². The van der Waals surface area contributed by atoms with Crippen molar-refractivity contribution in [1.82, 2.24) is 9.55 Å². The second-order valence-corrected chi connectivity index (χ2v) is 4.96. The number of nitrogens with zero attached hydrogens (tertiary/aromatic N) is 2. The van der Waals surface area contributed by atoms with Crippen molar-refractivity contribution in [2.24, 2.45) is 0 Å². The average Bonchev–Trinajstić information content (AvgIpc) is 2.74. The van der Waals surface area contributed by atoms with Gasteiger partial charge < -0.3 is 9.84 Å². The molecule has 2 heterocycles. The van der Waals surface area contributed by atoms with Crippen LogP contribution in [0.4, 0.5) is 0 Å². The highest BCUT2D eigenvalue weighted by atomic mass is 16.5. The Labute approximate surface area is 106 Å². The van der Waals surface area contributed by atoms with Crippen molar-refractivity contribution in [1.29, 1.82) is 0 Å². The number of hydrogen-bond acceptors (Lipinski definition) is 4. The number of aromatic nitrogens is 2. The van der Waals surface area contributed by atoms with E-state index in [9.17, 15) is 9.90 Å². The third-order valence-corrected chi connectivity index (χ3v) is 3.51. The molecule has 0 unspecified atom stereocenters. The Hall–Kier alpha value is -1.20. The lowest BCUT2D eigenvalue weighted by molar-refractivity contribution is -0.104. The molecule has 0 radical (unpaired) electrons. The van der Waals surface area contributed by atoms with Crippen LogP contribution in [0.1, 0.15) is 44.5 Å². The fourth-order valence-corrected chi connectivity index (χ4v) is 2.54. The predicted molar refractivity (Wildman–Crippen MR) is 67.3 cm³/mol. The van der Waals surface area contributed by atoms with Gasteiger partial charge in [0.25, 0.3) is 0 Å². The van der Waals surface area contributed by atoms with Crippen LogP contribution in [-0.4, -0.2) is 26.9 Å². The average molecular weight is 252 g/mol. The van der Waals surface area contributed by atoms with E-state index < -0.39 is 5.60 Å². The fraction of sp³-hybridized carbons (Fsp3) is 0.692. The van der Waals surface area contributed by atoms with E-state index in [0.717, 1.165) is 25.7 Å². The Kier molecular flexibility index (Phi) is 3.82. The van der Waals surface area contributed by atoms with E-state index >= 15 is 0 Å². The van der Waals surface area contributed by atoms with Crippen LogP contribution in [0.15, 0.2) is 17.1 Å². The summed E-state index contributed by atoms with van der Waals surface area (Å²) in [4.78, 5) is 15.7. The molecule has 1 aromatic rings. The summed E-state index contributed by atoms with van der Waals surface area (Å²) in [6, 6.07) is 1.80. The SMILES string of the molecule is CCC[C@@]1(CO)CC[C@H](n2ccc(C)nc2=O)O1. The zero-order valence-electron chi connectivity index (χ0n) is 10.9.